The molecule has 0 unspecified atom stereocenters. The van der Waals surface area contributed by atoms with Crippen LogP contribution in [-0.4, -0.2) is 18.6 Å². The molecule has 1 amide bonds. The maximum absolute atomic E-state index is 13.6. The van der Waals surface area contributed by atoms with Crippen molar-refractivity contribution in [3.05, 3.63) is 94.2 Å². The highest BCUT2D eigenvalue weighted by Gasteiger charge is 2.32. The number of amides is 1. The van der Waals surface area contributed by atoms with Crippen LogP contribution in [0.25, 0.3) is 0 Å². The average molecular weight is 525 g/mol. The highest BCUT2D eigenvalue weighted by Crippen LogP contribution is 2.35. The van der Waals surface area contributed by atoms with Gasteiger partial charge < -0.3 is 32.3 Å². The van der Waals surface area contributed by atoms with Gasteiger partial charge in [-0.2, -0.15) is 13.2 Å². The monoisotopic (exact) mass is 524 g/mol. The summed E-state index contributed by atoms with van der Waals surface area (Å²) in [5, 5.41) is 8.66. The van der Waals surface area contributed by atoms with Gasteiger partial charge in [0.05, 0.1) is 23.8 Å². The van der Waals surface area contributed by atoms with Crippen LogP contribution in [0.5, 0.6) is 0 Å². The van der Waals surface area contributed by atoms with Crippen molar-refractivity contribution in [1.82, 2.24) is 10.6 Å². The fourth-order valence-corrected chi connectivity index (χ4v) is 3.56. The number of rotatable bonds is 6. The van der Waals surface area contributed by atoms with Gasteiger partial charge in [-0.05, 0) is 81.7 Å². The first kappa shape index (κ1) is 28.1. The Hall–Kier alpha value is -4.52. The van der Waals surface area contributed by atoms with Crippen LogP contribution in [0, 0.1) is 18.8 Å². The minimum atomic E-state index is -4.58. The zero-order valence-corrected chi connectivity index (χ0v) is 21.6. The molecule has 0 atom stereocenters. The summed E-state index contributed by atoms with van der Waals surface area (Å²) in [5.74, 6) is 5.63. The third-order valence-electron chi connectivity index (χ3n) is 5.45. The molecule has 0 aliphatic carbocycles. The predicted molar refractivity (Wildman–Crippen MR) is 145 cm³/mol. The number of aryl methyl sites for hydroxylation is 1. The molecule has 2 aromatic carbocycles. The summed E-state index contributed by atoms with van der Waals surface area (Å²) >= 11 is 0. The Kier molecular flexibility index (Phi) is 8.63. The van der Waals surface area contributed by atoms with Crippen molar-refractivity contribution in [2.45, 2.75) is 39.9 Å². The average Bonchev–Trinajstić information content (AvgIpc) is 3.27. The molecule has 38 heavy (non-hydrogen) atoms. The molecule has 10 heteroatoms. The molecule has 0 radical (unpaired) electrons. The van der Waals surface area contributed by atoms with E-state index in [9.17, 15) is 18.0 Å². The number of hydrogen-bond donors (Lipinski definition) is 5. The quantitative estimate of drug-likeness (QED) is 0.282. The van der Waals surface area contributed by atoms with Crippen molar-refractivity contribution < 1.29 is 18.0 Å². The van der Waals surface area contributed by atoms with Gasteiger partial charge in [0.25, 0.3) is 5.91 Å². The summed E-state index contributed by atoms with van der Waals surface area (Å²) in [5.41, 5.74) is 14.0. The standard InChI is InChI=1S/C28H31F3N6O/c1-17(2)35-26(33)10-9-23(32)8-7-20-11-21(6-5-18(20)3)27(38)36-24-12-22(28(29,30)31)13-25(14-24)37-15-19(4)34-16-37/h5-6,9-15,17,34-35H,16,32-33H2,1-4H3,(H,36,38)/b23-9-,26-10+. The largest absolute Gasteiger partial charge is 0.416 e. The summed E-state index contributed by atoms with van der Waals surface area (Å²) in [6, 6.07) is 8.49. The number of nitrogens with zero attached hydrogens (tertiary/aromatic N) is 1. The van der Waals surface area contributed by atoms with Crippen LogP contribution in [0.1, 0.15) is 47.8 Å². The Morgan fingerprint density at radius 2 is 1.87 bits per heavy atom. The fourth-order valence-electron chi connectivity index (χ4n) is 3.56. The Morgan fingerprint density at radius 3 is 2.50 bits per heavy atom. The lowest BCUT2D eigenvalue weighted by Crippen LogP contribution is -2.26. The van der Waals surface area contributed by atoms with Gasteiger partial charge in [-0.25, -0.2) is 0 Å². The number of anilines is 2. The number of nitrogens with one attached hydrogen (secondary N) is 3. The van der Waals surface area contributed by atoms with E-state index in [4.69, 9.17) is 11.5 Å². The van der Waals surface area contributed by atoms with Crippen molar-refractivity contribution in [2.75, 3.05) is 16.9 Å². The zero-order valence-electron chi connectivity index (χ0n) is 21.6. The summed E-state index contributed by atoms with van der Waals surface area (Å²) < 4.78 is 40.7. The Bertz CT molecular complexity index is 1360. The van der Waals surface area contributed by atoms with Crippen molar-refractivity contribution in [3.63, 3.8) is 0 Å². The number of alkyl halides is 3. The number of nitrogens with two attached hydrogens (primary N) is 2. The highest BCUT2D eigenvalue weighted by molar-refractivity contribution is 6.04. The number of allylic oxidation sites excluding steroid dienone is 4. The van der Waals surface area contributed by atoms with Crippen molar-refractivity contribution in [2.24, 2.45) is 11.5 Å². The van der Waals surface area contributed by atoms with Gasteiger partial charge in [0.15, 0.2) is 0 Å². The van der Waals surface area contributed by atoms with Crippen molar-refractivity contribution in [3.8, 4) is 11.8 Å². The molecule has 0 bridgehead atoms. The Morgan fingerprint density at radius 1 is 1.13 bits per heavy atom. The molecule has 0 spiro atoms. The van der Waals surface area contributed by atoms with E-state index < -0.39 is 17.6 Å². The molecule has 0 fully saturated rings. The molecular formula is C28H31F3N6O. The van der Waals surface area contributed by atoms with Crippen LogP contribution >= 0.6 is 0 Å². The maximum Gasteiger partial charge on any atom is 0.416 e. The lowest BCUT2D eigenvalue weighted by Gasteiger charge is -2.19. The number of benzene rings is 2. The van der Waals surface area contributed by atoms with E-state index in [1.54, 1.807) is 41.5 Å². The van der Waals surface area contributed by atoms with E-state index in [2.05, 4.69) is 27.8 Å². The van der Waals surface area contributed by atoms with E-state index in [0.29, 0.717) is 23.7 Å². The van der Waals surface area contributed by atoms with Gasteiger partial charge >= 0.3 is 6.18 Å². The molecule has 0 saturated heterocycles. The predicted octanol–water partition coefficient (Wildman–Crippen LogP) is 4.49. The van der Waals surface area contributed by atoms with Crippen LogP contribution in [0.15, 0.2) is 72.0 Å². The van der Waals surface area contributed by atoms with Gasteiger partial charge in [0.1, 0.15) is 0 Å². The van der Waals surface area contributed by atoms with Crippen LogP contribution in [0.4, 0.5) is 24.5 Å². The number of carbonyl (C=O) groups excluding carboxylic acids is 1. The first-order valence-electron chi connectivity index (χ1n) is 11.9. The molecule has 3 rings (SSSR count). The SMILES string of the molecule is CC1=CN(c2cc(NC(=O)c3ccc(C)c(C#C/C(N)=C/C=C(\N)NC(C)C)c3)cc(C(F)(F)F)c2)CN1. The van der Waals surface area contributed by atoms with E-state index in [0.717, 1.165) is 23.4 Å². The minimum absolute atomic E-state index is 0.0255. The summed E-state index contributed by atoms with van der Waals surface area (Å²) in [4.78, 5) is 14.6. The van der Waals surface area contributed by atoms with E-state index in [1.807, 2.05) is 27.7 Å². The third-order valence-corrected chi connectivity index (χ3v) is 5.45. The molecule has 7 nitrogen and oxygen atoms in total. The van der Waals surface area contributed by atoms with Gasteiger partial charge in [-0.3, -0.25) is 4.79 Å². The molecular weight excluding hydrogens is 493 g/mol. The Labute approximate surface area is 220 Å². The van der Waals surface area contributed by atoms with Crippen LogP contribution in [0.2, 0.25) is 0 Å². The summed E-state index contributed by atoms with van der Waals surface area (Å²) in [7, 11) is 0. The van der Waals surface area contributed by atoms with Crippen molar-refractivity contribution >= 4 is 17.3 Å². The number of carbonyl (C=O) groups is 1. The third kappa shape index (κ3) is 7.74. The maximum atomic E-state index is 13.6. The lowest BCUT2D eigenvalue weighted by molar-refractivity contribution is -0.137. The van der Waals surface area contributed by atoms with Crippen LogP contribution in [-0.2, 0) is 6.18 Å². The van der Waals surface area contributed by atoms with Gasteiger partial charge in [0, 0.05) is 40.4 Å². The second-order valence-electron chi connectivity index (χ2n) is 9.16. The summed E-state index contributed by atoms with van der Waals surface area (Å²) in [6.45, 7) is 7.88. The van der Waals surface area contributed by atoms with E-state index in [-0.39, 0.29) is 23.0 Å². The molecule has 7 N–H and O–H groups in total. The van der Waals surface area contributed by atoms with Crippen LogP contribution < -0.4 is 32.3 Å². The Balaban J connectivity index is 1.84. The first-order chi connectivity index (χ1) is 17.8. The topological polar surface area (TPSA) is 108 Å². The van der Waals surface area contributed by atoms with E-state index in [1.165, 1.54) is 6.07 Å². The normalized spacial score (nSPS) is 14.0. The van der Waals surface area contributed by atoms with Gasteiger partial charge in [-0.1, -0.05) is 12.0 Å². The lowest BCUT2D eigenvalue weighted by atomic mass is 10.0. The molecule has 0 saturated carbocycles. The smallest absolute Gasteiger partial charge is 0.392 e. The minimum Gasteiger partial charge on any atom is -0.392 e. The van der Waals surface area contributed by atoms with Gasteiger partial charge in [-0.15, -0.1) is 0 Å². The zero-order chi connectivity index (χ0) is 28.0. The molecule has 1 aliphatic rings. The number of hydrogen-bond acceptors (Lipinski definition) is 6. The van der Waals surface area contributed by atoms with E-state index >= 15 is 0 Å². The van der Waals surface area contributed by atoms with Crippen LogP contribution in [0.3, 0.4) is 0 Å². The van der Waals surface area contributed by atoms with Crippen molar-refractivity contribution in [1.29, 1.82) is 0 Å². The summed E-state index contributed by atoms with van der Waals surface area (Å²) in [6.07, 6.45) is 0.310. The molecule has 0 aromatic heterocycles. The number of halogens is 3. The molecule has 2 aromatic rings. The second-order valence-corrected chi connectivity index (χ2v) is 9.16. The molecule has 1 aliphatic heterocycles. The first-order valence-corrected chi connectivity index (χ1v) is 11.9. The molecule has 1 heterocycles. The second kappa shape index (κ2) is 11.7. The fraction of sp³-hybridized carbons (Fsp3) is 0.250. The van der Waals surface area contributed by atoms with Gasteiger partial charge in [0.2, 0.25) is 0 Å². The molecule has 200 valence electrons. The highest BCUT2D eigenvalue weighted by atomic mass is 19.4.